The van der Waals surface area contributed by atoms with Crippen LogP contribution in [0.25, 0.3) is 0 Å². The summed E-state index contributed by atoms with van der Waals surface area (Å²) >= 11 is 1.43. The minimum atomic E-state index is -3.43. The zero-order chi connectivity index (χ0) is 5.21. The van der Waals surface area contributed by atoms with E-state index < -0.39 is 10.2 Å². The third-order valence-corrected chi connectivity index (χ3v) is 2.16. The third kappa shape index (κ3) is 4.60. The van der Waals surface area contributed by atoms with Crippen molar-refractivity contribution in [2.24, 2.45) is 5.14 Å². The molecule has 0 radical (unpaired) electrons. The molecule has 0 aromatic heterocycles. The summed E-state index contributed by atoms with van der Waals surface area (Å²) in [5, 5.41) is 4.39. The first kappa shape index (κ1) is 6.60. The molecule has 6 heteroatoms. The quantitative estimate of drug-likeness (QED) is 0.447. The van der Waals surface area contributed by atoms with Gasteiger partial charge in [-0.25, -0.2) is 5.14 Å². The van der Waals surface area contributed by atoms with E-state index in [9.17, 15) is 8.42 Å². The summed E-state index contributed by atoms with van der Waals surface area (Å²) in [4.78, 5) is 0. The van der Waals surface area contributed by atoms with E-state index in [2.05, 4.69) is 5.14 Å². The predicted octanol–water partition coefficient (Wildman–Crippen LogP) is -0.870. The number of hydrogen-bond donors (Lipinski definition) is 2. The minimum absolute atomic E-state index is 1.43. The molecule has 0 unspecified atom stereocenters. The predicted molar refractivity (Wildman–Crippen MR) is 30.3 cm³/mol. The molecule has 4 nitrogen and oxygen atoms in total. The summed E-state index contributed by atoms with van der Waals surface area (Å²) in [5.41, 5.74) is 0. The molecule has 0 bridgehead atoms. The molecule has 0 aromatic carbocycles. The van der Waals surface area contributed by atoms with Gasteiger partial charge in [-0.2, -0.15) is 8.42 Å². The molecule has 0 aliphatic heterocycles. The average molecular weight is 222 g/mol. The van der Waals surface area contributed by atoms with Crippen molar-refractivity contribution >= 4 is 33.1 Å². The highest BCUT2D eigenvalue weighted by Crippen LogP contribution is 1.70. The summed E-state index contributed by atoms with van der Waals surface area (Å²) in [6.07, 6.45) is 0. The Morgan fingerprint density at radius 1 is 1.67 bits per heavy atom. The molecule has 0 saturated carbocycles. The van der Waals surface area contributed by atoms with Crippen LogP contribution in [0.15, 0.2) is 0 Å². The Balaban J connectivity index is 3.85. The van der Waals surface area contributed by atoms with Crippen molar-refractivity contribution in [2.75, 3.05) is 0 Å². The molecule has 0 aromatic rings. The number of hydrogen-bond acceptors (Lipinski definition) is 2. The summed E-state index contributed by atoms with van der Waals surface area (Å²) in [6.45, 7) is 0. The maximum absolute atomic E-state index is 9.66. The van der Waals surface area contributed by atoms with Crippen LogP contribution in [0.5, 0.6) is 0 Å². The van der Waals surface area contributed by atoms with Gasteiger partial charge in [0, 0.05) is 22.9 Å². The Kier molecular flexibility index (Phi) is 2.26. The van der Waals surface area contributed by atoms with Gasteiger partial charge in [0.25, 0.3) is 10.2 Å². The fourth-order valence-electron chi connectivity index (χ4n) is 0. The van der Waals surface area contributed by atoms with Crippen LogP contribution in [-0.4, -0.2) is 8.42 Å². The molecule has 0 heterocycles. The second-order valence-electron chi connectivity index (χ2n) is 0.622. The molecule has 38 valence electrons. The standard InChI is InChI=1S/H3IN2O2S/c1-3-6(2,4)5/h3H,(H2,2,4,5). The highest BCUT2D eigenvalue weighted by Gasteiger charge is 1.90. The number of nitrogens with one attached hydrogen (secondary N) is 1. The van der Waals surface area contributed by atoms with Crippen molar-refractivity contribution in [1.82, 2.24) is 2.94 Å². The SMILES string of the molecule is NS(=O)(=O)NI. The smallest absolute Gasteiger partial charge is 0.215 e. The van der Waals surface area contributed by atoms with E-state index in [1.807, 2.05) is 2.94 Å². The molecular formula is H3IN2O2S. The van der Waals surface area contributed by atoms with Gasteiger partial charge in [-0.1, -0.05) is 0 Å². The molecule has 3 N–H and O–H groups in total. The van der Waals surface area contributed by atoms with E-state index in [0.29, 0.717) is 0 Å². The summed E-state index contributed by atoms with van der Waals surface area (Å²) in [7, 11) is -3.43. The molecule has 6 heavy (non-hydrogen) atoms. The first-order valence-electron chi connectivity index (χ1n) is 0.962. The number of nitrogens with two attached hydrogens (primary N) is 1. The zero-order valence-electron chi connectivity index (χ0n) is 2.68. The molecule has 0 fully saturated rings. The van der Waals surface area contributed by atoms with Crippen LogP contribution in [0.2, 0.25) is 0 Å². The van der Waals surface area contributed by atoms with Gasteiger partial charge in [0.05, 0.1) is 0 Å². The topological polar surface area (TPSA) is 72.2 Å². The molecule has 0 aliphatic rings. The molecule has 0 atom stereocenters. The van der Waals surface area contributed by atoms with Crippen LogP contribution in [0.4, 0.5) is 0 Å². The van der Waals surface area contributed by atoms with Gasteiger partial charge >= 0.3 is 0 Å². The van der Waals surface area contributed by atoms with Gasteiger partial charge in [-0.05, 0) is 0 Å². The van der Waals surface area contributed by atoms with Gasteiger partial charge in [-0.3, -0.25) is 0 Å². The van der Waals surface area contributed by atoms with Gasteiger partial charge < -0.3 is 0 Å². The van der Waals surface area contributed by atoms with Crippen molar-refractivity contribution in [1.29, 1.82) is 0 Å². The second kappa shape index (κ2) is 2.05. The number of halogens is 1. The van der Waals surface area contributed by atoms with Crippen LogP contribution < -0.4 is 8.07 Å². The summed E-state index contributed by atoms with van der Waals surface area (Å²) in [6, 6.07) is 0. The van der Waals surface area contributed by atoms with Crippen LogP contribution in [0.3, 0.4) is 0 Å². The van der Waals surface area contributed by atoms with Gasteiger partial charge in [-0.15, -0.1) is 2.94 Å². The summed E-state index contributed by atoms with van der Waals surface area (Å²) in [5.74, 6) is 0. The molecule has 0 aliphatic carbocycles. The Bertz CT molecular complexity index is 114. The van der Waals surface area contributed by atoms with E-state index in [1.165, 1.54) is 22.9 Å². The average Bonchev–Trinajstić information content (AvgIpc) is 1.35. The van der Waals surface area contributed by atoms with Crippen LogP contribution in [0.1, 0.15) is 0 Å². The maximum Gasteiger partial charge on any atom is 0.282 e. The lowest BCUT2D eigenvalue weighted by Crippen LogP contribution is -2.21. The number of rotatable bonds is 1. The second-order valence-corrected chi connectivity index (χ2v) is 3.19. The van der Waals surface area contributed by atoms with Crippen molar-refractivity contribution in [3.63, 3.8) is 0 Å². The highest BCUT2D eigenvalue weighted by atomic mass is 127. The summed E-state index contributed by atoms with van der Waals surface area (Å²) < 4.78 is 21.1. The van der Waals surface area contributed by atoms with E-state index in [1.54, 1.807) is 0 Å². The van der Waals surface area contributed by atoms with Crippen LogP contribution >= 0.6 is 22.9 Å². The van der Waals surface area contributed by atoms with Gasteiger partial charge in [0.15, 0.2) is 0 Å². The Labute approximate surface area is 49.8 Å². The fraction of sp³-hybridized carbons (Fsp3) is 0. The highest BCUT2D eigenvalue weighted by molar-refractivity contribution is 14.1. The lowest BCUT2D eigenvalue weighted by molar-refractivity contribution is 0.597. The third-order valence-electron chi connectivity index (χ3n) is 0.108. The van der Waals surface area contributed by atoms with Gasteiger partial charge in [0.2, 0.25) is 0 Å². The Morgan fingerprint density at radius 2 is 1.83 bits per heavy atom. The van der Waals surface area contributed by atoms with Gasteiger partial charge in [0.1, 0.15) is 0 Å². The van der Waals surface area contributed by atoms with E-state index in [0.717, 1.165) is 0 Å². The van der Waals surface area contributed by atoms with Crippen molar-refractivity contribution in [3.8, 4) is 0 Å². The molecular weight excluding hydrogens is 219 g/mol. The lowest BCUT2D eigenvalue weighted by atomic mass is 13.9. The molecule has 0 saturated heterocycles. The largest absolute Gasteiger partial charge is 0.282 e. The lowest BCUT2D eigenvalue weighted by Gasteiger charge is -1.82. The Morgan fingerprint density at radius 3 is 1.83 bits per heavy atom. The first-order valence-corrected chi connectivity index (χ1v) is 3.59. The molecule has 0 amide bonds. The van der Waals surface area contributed by atoms with Crippen molar-refractivity contribution < 1.29 is 8.42 Å². The van der Waals surface area contributed by atoms with Crippen molar-refractivity contribution in [2.45, 2.75) is 0 Å². The monoisotopic (exact) mass is 222 g/mol. The minimum Gasteiger partial charge on any atom is -0.215 e. The molecule has 0 rings (SSSR count). The van der Waals surface area contributed by atoms with Crippen LogP contribution in [0, 0.1) is 0 Å². The van der Waals surface area contributed by atoms with E-state index in [4.69, 9.17) is 0 Å². The maximum atomic E-state index is 9.66. The van der Waals surface area contributed by atoms with E-state index in [-0.39, 0.29) is 0 Å². The molecule has 0 spiro atoms. The Hall–Kier alpha value is 0.600. The normalized spacial score (nSPS) is 11.7. The van der Waals surface area contributed by atoms with Crippen LogP contribution in [-0.2, 0) is 10.2 Å². The first-order chi connectivity index (χ1) is 2.56. The van der Waals surface area contributed by atoms with E-state index >= 15 is 0 Å². The fourth-order valence-corrected chi connectivity index (χ4v) is 0. The van der Waals surface area contributed by atoms with Crippen molar-refractivity contribution in [3.05, 3.63) is 0 Å². The zero-order valence-corrected chi connectivity index (χ0v) is 5.65.